The van der Waals surface area contributed by atoms with Crippen molar-refractivity contribution in [2.24, 2.45) is 5.73 Å². The Hall–Kier alpha value is -1.60. The lowest BCUT2D eigenvalue weighted by atomic mass is 10.1. The zero-order valence-electron chi connectivity index (χ0n) is 11.5. The standard InChI is InChI=1S/C10H16N2O2S.C2H4O2/c1-8-5-4-6-10(9(8)7-11)12(2)15(3,13)14;1-2(3)4/h4-6H,7,11H2,1-3H3;1H3,(H,3,4). The van der Waals surface area contributed by atoms with E-state index < -0.39 is 16.0 Å². The van der Waals surface area contributed by atoms with Crippen LogP contribution in [-0.2, 0) is 21.4 Å². The molecule has 0 radical (unpaired) electrons. The fraction of sp³-hybridized carbons (Fsp3) is 0.417. The minimum atomic E-state index is -3.23. The van der Waals surface area contributed by atoms with E-state index in [1.807, 2.05) is 19.1 Å². The summed E-state index contributed by atoms with van der Waals surface area (Å²) in [5.41, 5.74) is 8.14. The number of hydrogen-bond donors (Lipinski definition) is 2. The highest BCUT2D eigenvalue weighted by molar-refractivity contribution is 7.92. The fourth-order valence-corrected chi connectivity index (χ4v) is 1.95. The van der Waals surface area contributed by atoms with E-state index in [2.05, 4.69) is 0 Å². The predicted octanol–water partition coefficient (Wildman–Crippen LogP) is 0.940. The molecule has 0 unspecified atom stereocenters. The van der Waals surface area contributed by atoms with E-state index in [4.69, 9.17) is 15.6 Å². The van der Waals surface area contributed by atoms with Gasteiger partial charge in [-0.05, 0) is 24.1 Å². The smallest absolute Gasteiger partial charge is 0.300 e. The number of carbonyl (C=O) groups is 1. The second kappa shape index (κ2) is 7.10. The highest BCUT2D eigenvalue weighted by Crippen LogP contribution is 2.23. The van der Waals surface area contributed by atoms with Crippen LogP contribution in [0.5, 0.6) is 0 Å². The van der Waals surface area contributed by atoms with Crippen molar-refractivity contribution in [3.05, 3.63) is 29.3 Å². The van der Waals surface area contributed by atoms with Crippen LogP contribution in [-0.4, -0.2) is 32.8 Å². The van der Waals surface area contributed by atoms with E-state index in [-0.39, 0.29) is 0 Å². The van der Waals surface area contributed by atoms with Crippen LogP contribution in [0.3, 0.4) is 0 Å². The van der Waals surface area contributed by atoms with Crippen LogP contribution in [0.25, 0.3) is 0 Å². The average Bonchev–Trinajstić information content (AvgIpc) is 2.25. The van der Waals surface area contributed by atoms with E-state index in [0.29, 0.717) is 12.2 Å². The third-order valence-electron chi connectivity index (χ3n) is 2.43. The molecule has 0 fully saturated rings. The molecule has 0 aliphatic carbocycles. The Balaban J connectivity index is 0.000000711. The number of carboxylic acids is 1. The maximum absolute atomic E-state index is 11.4. The molecule has 0 spiro atoms. The molecule has 0 aliphatic heterocycles. The van der Waals surface area contributed by atoms with Gasteiger partial charge in [-0.1, -0.05) is 12.1 Å². The lowest BCUT2D eigenvalue weighted by Crippen LogP contribution is -2.26. The molecule has 0 aliphatic rings. The zero-order chi connectivity index (χ0) is 15.2. The summed E-state index contributed by atoms with van der Waals surface area (Å²) >= 11 is 0. The molecule has 1 aromatic carbocycles. The summed E-state index contributed by atoms with van der Waals surface area (Å²) in [5.74, 6) is -0.833. The third-order valence-corrected chi connectivity index (χ3v) is 3.62. The maximum atomic E-state index is 11.4. The number of aliphatic carboxylic acids is 1. The van der Waals surface area contributed by atoms with Crippen molar-refractivity contribution < 1.29 is 18.3 Å². The zero-order valence-corrected chi connectivity index (χ0v) is 12.4. The summed E-state index contributed by atoms with van der Waals surface area (Å²) in [4.78, 5) is 9.00. The molecule has 7 heteroatoms. The van der Waals surface area contributed by atoms with Crippen LogP contribution in [0.2, 0.25) is 0 Å². The number of aryl methyl sites for hydroxylation is 1. The SMILES string of the molecule is CC(=O)O.Cc1cccc(N(C)S(C)(=O)=O)c1CN. The van der Waals surface area contributed by atoms with Crippen molar-refractivity contribution in [1.29, 1.82) is 0 Å². The van der Waals surface area contributed by atoms with Gasteiger partial charge in [0.2, 0.25) is 10.0 Å². The molecule has 0 bridgehead atoms. The largest absolute Gasteiger partial charge is 0.481 e. The highest BCUT2D eigenvalue weighted by Gasteiger charge is 2.15. The minimum Gasteiger partial charge on any atom is -0.481 e. The van der Waals surface area contributed by atoms with Crippen molar-refractivity contribution in [2.45, 2.75) is 20.4 Å². The molecule has 19 heavy (non-hydrogen) atoms. The van der Waals surface area contributed by atoms with Crippen LogP contribution in [0, 0.1) is 6.92 Å². The molecular weight excluding hydrogens is 268 g/mol. The van der Waals surface area contributed by atoms with Crippen LogP contribution in [0.15, 0.2) is 18.2 Å². The molecule has 1 aromatic rings. The highest BCUT2D eigenvalue weighted by atomic mass is 32.2. The summed E-state index contributed by atoms with van der Waals surface area (Å²) in [7, 11) is -1.70. The van der Waals surface area contributed by atoms with Gasteiger partial charge in [0.25, 0.3) is 5.97 Å². The Morgan fingerprint density at radius 2 is 1.89 bits per heavy atom. The first-order valence-electron chi connectivity index (χ1n) is 5.53. The molecule has 0 saturated carbocycles. The maximum Gasteiger partial charge on any atom is 0.300 e. The van der Waals surface area contributed by atoms with Gasteiger partial charge in [-0.15, -0.1) is 0 Å². The molecule has 108 valence electrons. The van der Waals surface area contributed by atoms with Gasteiger partial charge in [0, 0.05) is 20.5 Å². The number of hydrogen-bond acceptors (Lipinski definition) is 4. The molecule has 0 saturated heterocycles. The van der Waals surface area contributed by atoms with Crippen molar-refractivity contribution >= 4 is 21.7 Å². The number of rotatable bonds is 3. The van der Waals surface area contributed by atoms with Crippen molar-refractivity contribution in [3.63, 3.8) is 0 Å². The normalized spacial score (nSPS) is 10.4. The summed E-state index contributed by atoms with van der Waals surface area (Å²) in [6.45, 7) is 3.34. The second-order valence-corrected chi connectivity index (χ2v) is 6.04. The number of nitrogens with zero attached hydrogens (tertiary/aromatic N) is 1. The van der Waals surface area contributed by atoms with Crippen molar-refractivity contribution in [1.82, 2.24) is 0 Å². The first-order valence-corrected chi connectivity index (χ1v) is 7.38. The number of benzene rings is 1. The van der Waals surface area contributed by atoms with Crippen molar-refractivity contribution in [3.8, 4) is 0 Å². The van der Waals surface area contributed by atoms with Crippen LogP contribution >= 0.6 is 0 Å². The Bertz CT molecular complexity index is 537. The Labute approximate surface area is 113 Å². The Morgan fingerprint density at radius 3 is 2.26 bits per heavy atom. The number of nitrogens with two attached hydrogens (primary N) is 1. The molecule has 0 aromatic heterocycles. The van der Waals surface area contributed by atoms with Gasteiger partial charge in [-0.25, -0.2) is 8.42 Å². The Kier molecular flexibility index (Phi) is 6.51. The van der Waals surface area contributed by atoms with Gasteiger partial charge < -0.3 is 10.8 Å². The van der Waals surface area contributed by atoms with E-state index >= 15 is 0 Å². The van der Waals surface area contributed by atoms with Gasteiger partial charge in [0.15, 0.2) is 0 Å². The van der Waals surface area contributed by atoms with Crippen LogP contribution < -0.4 is 10.0 Å². The van der Waals surface area contributed by atoms with Crippen LogP contribution in [0.4, 0.5) is 5.69 Å². The molecule has 1 rings (SSSR count). The van der Waals surface area contributed by atoms with Gasteiger partial charge in [0.05, 0.1) is 11.9 Å². The van der Waals surface area contributed by atoms with Gasteiger partial charge in [-0.3, -0.25) is 9.10 Å². The fourth-order valence-electron chi connectivity index (χ4n) is 1.43. The Morgan fingerprint density at radius 1 is 1.42 bits per heavy atom. The summed E-state index contributed by atoms with van der Waals surface area (Å²) in [6.07, 6.45) is 1.18. The number of anilines is 1. The summed E-state index contributed by atoms with van der Waals surface area (Å²) in [6, 6.07) is 5.50. The molecule has 0 heterocycles. The first-order chi connectivity index (χ1) is 8.61. The number of sulfonamides is 1. The average molecular weight is 288 g/mol. The van der Waals surface area contributed by atoms with Gasteiger partial charge >= 0.3 is 0 Å². The second-order valence-electron chi connectivity index (χ2n) is 4.03. The number of carboxylic acid groups (broad SMARTS) is 1. The van der Waals surface area contributed by atoms with E-state index in [1.54, 1.807) is 6.07 Å². The third kappa shape index (κ3) is 5.71. The van der Waals surface area contributed by atoms with E-state index in [0.717, 1.165) is 18.1 Å². The monoisotopic (exact) mass is 288 g/mol. The minimum absolute atomic E-state index is 0.335. The molecule has 0 atom stereocenters. The van der Waals surface area contributed by atoms with E-state index in [9.17, 15) is 8.42 Å². The van der Waals surface area contributed by atoms with Gasteiger partial charge in [-0.2, -0.15) is 0 Å². The summed E-state index contributed by atoms with van der Waals surface area (Å²) < 4.78 is 24.0. The predicted molar refractivity (Wildman–Crippen MR) is 75.6 cm³/mol. The van der Waals surface area contributed by atoms with Gasteiger partial charge in [0.1, 0.15) is 0 Å². The molecule has 0 amide bonds. The molecule has 3 N–H and O–H groups in total. The lowest BCUT2D eigenvalue weighted by Gasteiger charge is -2.20. The molecular formula is C12H20N2O4S. The summed E-state index contributed by atoms with van der Waals surface area (Å²) in [5, 5.41) is 7.42. The quantitative estimate of drug-likeness (QED) is 0.862. The molecule has 6 nitrogen and oxygen atoms in total. The van der Waals surface area contributed by atoms with Crippen LogP contribution in [0.1, 0.15) is 18.1 Å². The lowest BCUT2D eigenvalue weighted by molar-refractivity contribution is -0.134. The van der Waals surface area contributed by atoms with E-state index in [1.165, 1.54) is 17.6 Å². The first kappa shape index (κ1) is 17.4. The topological polar surface area (TPSA) is 101 Å². The van der Waals surface area contributed by atoms with Crippen molar-refractivity contribution in [2.75, 3.05) is 17.6 Å².